The third kappa shape index (κ3) is 14.0. The van der Waals surface area contributed by atoms with Crippen molar-refractivity contribution in [1.82, 2.24) is 16.0 Å². The van der Waals surface area contributed by atoms with E-state index in [1.807, 2.05) is 0 Å². The van der Waals surface area contributed by atoms with Crippen molar-refractivity contribution in [1.29, 1.82) is 0 Å². The molecule has 0 saturated heterocycles. The lowest BCUT2D eigenvalue weighted by Crippen LogP contribution is -2.63. The van der Waals surface area contributed by atoms with Crippen molar-refractivity contribution >= 4 is 11.9 Å². The first-order chi connectivity index (χ1) is 12.7. The summed E-state index contributed by atoms with van der Waals surface area (Å²) in [6.45, 7) is 7.70. The van der Waals surface area contributed by atoms with Gasteiger partial charge in [0.15, 0.2) is 0 Å². The monoisotopic (exact) mass is 386 g/mol. The van der Waals surface area contributed by atoms with E-state index in [4.69, 9.17) is 15.9 Å². The second-order valence-electron chi connectivity index (χ2n) is 6.28. The van der Waals surface area contributed by atoms with Crippen LogP contribution in [-0.2, 0) is 9.59 Å². The van der Waals surface area contributed by atoms with Gasteiger partial charge in [-0.15, -0.1) is 0 Å². The molecule has 0 aliphatic heterocycles. The van der Waals surface area contributed by atoms with E-state index in [0.717, 1.165) is 38.6 Å². The predicted molar refractivity (Wildman–Crippen MR) is 109 cm³/mol. The molecule has 0 heterocycles. The molecule has 0 saturated carbocycles. The van der Waals surface area contributed by atoms with Gasteiger partial charge in [-0.05, 0) is 59.8 Å². The number of rotatable bonds is 15. The van der Waals surface area contributed by atoms with E-state index < -0.39 is 17.7 Å². The van der Waals surface area contributed by atoms with Gasteiger partial charge in [-0.25, -0.2) is 9.59 Å². The molecule has 0 amide bonds. The number of hydrogen-bond acceptors (Lipinski definition) is 6. The highest BCUT2D eigenvalue weighted by atomic mass is 16.4. The topological polar surface area (TPSA) is 137 Å². The Morgan fingerprint density at radius 2 is 1.22 bits per heavy atom. The summed E-state index contributed by atoms with van der Waals surface area (Å²) in [6, 6.07) is 0. The summed E-state index contributed by atoms with van der Waals surface area (Å²) in [5.74, 6) is -2.25. The molecular weight excluding hydrogens is 348 g/mol. The fourth-order valence-electron chi connectivity index (χ4n) is 2.32. The summed E-state index contributed by atoms with van der Waals surface area (Å²) >= 11 is 0. The van der Waals surface area contributed by atoms with Crippen LogP contribution in [0.2, 0.25) is 0 Å². The Bertz CT molecular complexity index is 454. The van der Waals surface area contributed by atoms with Crippen LogP contribution >= 0.6 is 0 Å². The number of aliphatic carboxylic acids is 2. The van der Waals surface area contributed by atoms with Gasteiger partial charge in [-0.1, -0.05) is 32.4 Å². The number of carboxylic acid groups (broad SMARTS) is 2. The summed E-state index contributed by atoms with van der Waals surface area (Å²) in [6.07, 6.45) is 7.01. The summed E-state index contributed by atoms with van der Waals surface area (Å²) in [4.78, 5) is 20.9. The highest BCUT2D eigenvalue weighted by Crippen LogP contribution is 2.10. The Hall–Kier alpha value is -1.74. The molecule has 8 heteroatoms. The average Bonchev–Trinajstić information content (AvgIpc) is 2.66. The smallest absolute Gasteiger partial charge is 0.330 e. The minimum atomic E-state index is -0.942. The van der Waals surface area contributed by atoms with Crippen LogP contribution in [-0.4, -0.2) is 55.6 Å². The lowest BCUT2D eigenvalue weighted by Gasteiger charge is -2.32. The zero-order valence-electron chi connectivity index (χ0n) is 17.1. The first kappa shape index (κ1) is 27.5. The van der Waals surface area contributed by atoms with Crippen LogP contribution in [0.3, 0.4) is 0 Å². The minimum absolute atomic E-state index is 0.218. The quantitative estimate of drug-likeness (QED) is 0.142. The number of nitrogens with two attached hydrogens (primary N) is 1. The fourth-order valence-corrected chi connectivity index (χ4v) is 2.32. The van der Waals surface area contributed by atoms with Crippen LogP contribution in [0.15, 0.2) is 24.3 Å². The number of nitrogens with one attached hydrogen (secondary N) is 3. The van der Waals surface area contributed by atoms with E-state index in [2.05, 4.69) is 29.1 Å². The molecule has 0 aromatic carbocycles. The number of carbonyl (C=O) groups is 2. The van der Waals surface area contributed by atoms with E-state index in [9.17, 15) is 9.59 Å². The molecule has 0 spiro atoms. The van der Waals surface area contributed by atoms with Crippen molar-refractivity contribution in [2.24, 2.45) is 5.73 Å². The number of unbranched alkanes of at least 4 members (excludes halogenated alkanes) is 4. The molecule has 0 bridgehead atoms. The van der Waals surface area contributed by atoms with Crippen LogP contribution in [0.4, 0.5) is 0 Å². The molecule has 0 atom stereocenters. The van der Waals surface area contributed by atoms with Crippen molar-refractivity contribution in [2.45, 2.75) is 57.2 Å². The molecule has 0 fully saturated rings. The van der Waals surface area contributed by atoms with E-state index in [1.54, 1.807) is 21.1 Å². The molecular formula is C19H38N4O4. The second-order valence-corrected chi connectivity index (χ2v) is 6.28. The molecule has 0 aliphatic rings. The summed E-state index contributed by atoms with van der Waals surface area (Å²) < 4.78 is 0. The highest BCUT2D eigenvalue weighted by molar-refractivity contribution is 5.86. The Balaban J connectivity index is 0. The fraction of sp³-hybridized carbons (Fsp3) is 0.684. The van der Waals surface area contributed by atoms with Gasteiger partial charge < -0.3 is 15.9 Å². The highest BCUT2D eigenvalue weighted by Gasteiger charge is 2.23. The molecule has 0 aliphatic carbocycles. The van der Waals surface area contributed by atoms with E-state index in [0.29, 0.717) is 24.8 Å². The van der Waals surface area contributed by atoms with Crippen LogP contribution in [0, 0.1) is 0 Å². The van der Waals surface area contributed by atoms with Gasteiger partial charge in [0.2, 0.25) is 0 Å². The van der Waals surface area contributed by atoms with Crippen LogP contribution in [0.25, 0.3) is 0 Å². The Kier molecular flexibility index (Phi) is 16.7. The molecule has 0 aromatic rings. The molecule has 8 nitrogen and oxygen atoms in total. The molecule has 7 N–H and O–H groups in total. The molecule has 0 rings (SSSR count). The van der Waals surface area contributed by atoms with Crippen molar-refractivity contribution in [2.75, 3.05) is 27.7 Å². The predicted octanol–water partition coefficient (Wildman–Crippen LogP) is 1.65. The van der Waals surface area contributed by atoms with Crippen LogP contribution in [0.1, 0.15) is 51.4 Å². The van der Waals surface area contributed by atoms with Crippen LogP contribution < -0.4 is 21.7 Å². The average molecular weight is 387 g/mol. The van der Waals surface area contributed by atoms with Gasteiger partial charge >= 0.3 is 11.9 Å². The number of carboxylic acids is 2. The minimum Gasteiger partial charge on any atom is -0.478 e. The largest absolute Gasteiger partial charge is 0.478 e. The normalized spacial score (nSPS) is 10.7. The molecule has 27 heavy (non-hydrogen) atoms. The number of hydrogen-bond donors (Lipinski definition) is 6. The van der Waals surface area contributed by atoms with E-state index >= 15 is 0 Å². The maximum Gasteiger partial charge on any atom is 0.330 e. The van der Waals surface area contributed by atoms with Gasteiger partial charge in [0.25, 0.3) is 0 Å². The van der Waals surface area contributed by atoms with Crippen LogP contribution in [0.5, 0.6) is 0 Å². The third-order valence-corrected chi connectivity index (χ3v) is 4.37. The second kappa shape index (κ2) is 16.4. The Morgan fingerprint density at radius 3 is 1.63 bits per heavy atom. The Labute approximate surface area is 163 Å². The molecule has 0 radical (unpaired) electrons. The Morgan fingerprint density at radius 1 is 0.815 bits per heavy atom. The maximum atomic E-state index is 10.5. The first-order valence-electron chi connectivity index (χ1n) is 9.28. The van der Waals surface area contributed by atoms with Gasteiger partial charge in [-0.2, -0.15) is 0 Å². The standard InChI is InChI=1S/C10H19NO2.C9H19N3O2/c1-9(10(12)13)7-5-3-2-4-6-8-11;1-7(8(13)14)5-6-9(10-2,11-3)12-4/h1-8,11H2,(H,12,13);10-12H,1,5-6H2,2-4H3,(H,13,14). The van der Waals surface area contributed by atoms with Gasteiger partial charge in [0.05, 0.1) is 0 Å². The van der Waals surface area contributed by atoms with Gasteiger partial charge in [0.1, 0.15) is 5.79 Å². The van der Waals surface area contributed by atoms with E-state index in [-0.39, 0.29) is 5.57 Å². The molecule has 158 valence electrons. The van der Waals surface area contributed by atoms with Gasteiger partial charge in [0, 0.05) is 11.1 Å². The van der Waals surface area contributed by atoms with Crippen molar-refractivity contribution in [3.8, 4) is 0 Å². The summed E-state index contributed by atoms with van der Waals surface area (Å²) in [5.41, 5.74) is 5.88. The summed E-state index contributed by atoms with van der Waals surface area (Å²) in [7, 11) is 5.41. The maximum absolute atomic E-state index is 10.5. The lowest BCUT2D eigenvalue weighted by atomic mass is 10.1. The van der Waals surface area contributed by atoms with Gasteiger partial charge in [-0.3, -0.25) is 16.0 Å². The van der Waals surface area contributed by atoms with Crippen molar-refractivity contribution < 1.29 is 19.8 Å². The lowest BCUT2D eigenvalue weighted by molar-refractivity contribution is -0.133. The molecule has 0 unspecified atom stereocenters. The van der Waals surface area contributed by atoms with Crippen molar-refractivity contribution in [3.63, 3.8) is 0 Å². The zero-order chi connectivity index (χ0) is 21.3. The zero-order valence-corrected chi connectivity index (χ0v) is 17.1. The SMILES string of the molecule is C=C(CCC(NC)(NC)NC)C(=O)O.C=C(CCCCCCCN)C(=O)O. The summed E-state index contributed by atoms with van der Waals surface area (Å²) in [5, 5.41) is 26.3. The van der Waals surface area contributed by atoms with Crippen molar-refractivity contribution in [3.05, 3.63) is 24.3 Å². The molecule has 0 aromatic heterocycles. The van der Waals surface area contributed by atoms with E-state index in [1.165, 1.54) is 0 Å². The third-order valence-electron chi connectivity index (χ3n) is 4.37. The first-order valence-corrected chi connectivity index (χ1v) is 9.28.